The quantitative estimate of drug-likeness (QED) is 0.184. The summed E-state index contributed by atoms with van der Waals surface area (Å²) in [7, 11) is 0. The maximum Gasteiger partial charge on any atom is 0.316 e. The number of pyridine rings is 1. The lowest BCUT2D eigenvalue weighted by Gasteiger charge is -2.14. The predicted octanol–water partition coefficient (Wildman–Crippen LogP) is 7.84. The van der Waals surface area contributed by atoms with Crippen LogP contribution >= 0.6 is 0 Å². The SMILES string of the molecule is CCOC(=O)C1(c2ccc(-c3ccc(-c4onc(C)c4Cc4cncc(-c5cc(F)ccc5F)c4)cc3)cc2)CC1. The number of esters is 1. The van der Waals surface area contributed by atoms with Crippen molar-refractivity contribution >= 4 is 5.97 Å². The zero-order chi connectivity index (χ0) is 28.6. The standard InChI is InChI=1S/C34H28F2N2O3/c1-3-40-33(39)34(14-15-34)27-10-8-24(9-11-27)23-4-6-25(7-5-23)32-29(21(2)38-41-32)17-22-16-26(20-37-19-22)30-18-28(35)12-13-31(30)36/h4-13,16,18-20H,3,14-15,17H2,1-2H3. The summed E-state index contributed by atoms with van der Waals surface area (Å²) in [6, 6.07) is 21.3. The van der Waals surface area contributed by atoms with E-state index >= 15 is 0 Å². The van der Waals surface area contributed by atoms with Crippen molar-refractivity contribution in [2.45, 2.75) is 38.5 Å². The molecule has 0 aliphatic heterocycles. The molecule has 1 fully saturated rings. The van der Waals surface area contributed by atoms with Crippen LogP contribution in [0.2, 0.25) is 0 Å². The topological polar surface area (TPSA) is 65.2 Å². The summed E-state index contributed by atoms with van der Waals surface area (Å²) in [4.78, 5) is 16.7. The van der Waals surface area contributed by atoms with E-state index in [0.29, 0.717) is 24.4 Å². The molecule has 3 aromatic carbocycles. The summed E-state index contributed by atoms with van der Waals surface area (Å²) >= 11 is 0. The van der Waals surface area contributed by atoms with Crippen LogP contribution in [0.25, 0.3) is 33.6 Å². The summed E-state index contributed by atoms with van der Waals surface area (Å²) in [6.07, 6.45) is 5.34. The lowest BCUT2D eigenvalue weighted by molar-refractivity contribution is -0.146. The van der Waals surface area contributed by atoms with Crippen LogP contribution in [-0.2, 0) is 21.4 Å². The van der Waals surface area contributed by atoms with E-state index in [-0.39, 0.29) is 11.5 Å². The van der Waals surface area contributed by atoms with Crippen molar-refractivity contribution in [3.05, 3.63) is 119 Å². The Balaban J connectivity index is 1.22. The van der Waals surface area contributed by atoms with Gasteiger partial charge in [-0.25, -0.2) is 8.78 Å². The Hall–Kier alpha value is -4.65. The van der Waals surface area contributed by atoms with Crippen molar-refractivity contribution in [1.29, 1.82) is 0 Å². The molecule has 0 bridgehead atoms. The number of carbonyl (C=O) groups is 1. The molecule has 2 aromatic heterocycles. The second-order valence-corrected chi connectivity index (χ2v) is 10.4. The number of carbonyl (C=O) groups excluding carboxylic acids is 1. The number of ether oxygens (including phenoxy) is 1. The lowest BCUT2D eigenvalue weighted by atomic mass is 9.93. The average Bonchev–Trinajstić information content (AvgIpc) is 3.73. The third-order valence-corrected chi connectivity index (χ3v) is 7.73. The summed E-state index contributed by atoms with van der Waals surface area (Å²) in [5.74, 6) is -0.504. The van der Waals surface area contributed by atoms with Gasteiger partial charge in [0.2, 0.25) is 0 Å². The highest BCUT2D eigenvalue weighted by atomic mass is 19.1. The molecule has 0 atom stereocenters. The summed E-state index contributed by atoms with van der Waals surface area (Å²) in [6.45, 7) is 4.09. The monoisotopic (exact) mass is 550 g/mol. The number of rotatable bonds is 8. The first-order chi connectivity index (χ1) is 19.9. The van der Waals surface area contributed by atoms with Gasteiger partial charge in [-0.3, -0.25) is 9.78 Å². The molecule has 1 aliphatic carbocycles. The Kier molecular flexibility index (Phi) is 6.95. The molecule has 0 radical (unpaired) electrons. The molecule has 2 heterocycles. The largest absolute Gasteiger partial charge is 0.465 e. The summed E-state index contributed by atoms with van der Waals surface area (Å²) in [5.41, 5.74) is 6.60. The molecule has 6 rings (SSSR count). The van der Waals surface area contributed by atoms with E-state index in [0.717, 1.165) is 64.0 Å². The van der Waals surface area contributed by atoms with Crippen LogP contribution in [0.3, 0.4) is 0 Å². The van der Waals surface area contributed by atoms with E-state index in [1.165, 1.54) is 12.3 Å². The summed E-state index contributed by atoms with van der Waals surface area (Å²) in [5, 5.41) is 4.20. The molecule has 5 nitrogen and oxygen atoms in total. The predicted molar refractivity (Wildman–Crippen MR) is 152 cm³/mol. The molecule has 7 heteroatoms. The van der Waals surface area contributed by atoms with Gasteiger partial charge < -0.3 is 9.26 Å². The number of hydrogen-bond donors (Lipinski definition) is 0. The van der Waals surface area contributed by atoms with Crippen molar-refractivity contribution < 1.29 is 22.8 Å². The molecular weight excluding hydrogens is 522 g/mol. The highest BCUT2D eigenvalue weighted by Crippen LogP contribution is 2.49. The molecule has 1 aliphatic rings. The Morgan fingerprint density at radius 1 is 0.902 bits per heavy atom. The highest BCUT2D eigenvalue weighted by Gasteiger charge is 2.52. The maximum absolute atomic E-state index is 14.4. The lowest BCUT2D eigenvalue weighted by Crippen LogP contribution is -2.23. The van der Waals surface area contributed by atoms with Crippen molar-refractivity contribution in [2.75, 3.05) is 6.61 Å². The number of benzene rings is 3. The van der Waals surface area contributed by atoms with E-state index in [9.17, 15) is 13.6 Å². The van der Waals surface area contributed by atoms with Gasteiger partial charge in [0.25, 0.3) is 0 Å². The van der Waals surface area contributed by atoms with Gasteiger partial charge in [0.05, 0.1) is 17.7 Å². The van der Waals surface area contributed by atoms with Crippen LogP contribution in [0.15, 0.2) is 89.7 Å². The molecule has 5 aromatic rings. The van der Waals surface area contributed by atoms with Gasteiger partial charge in [0.1, 0.15) is 11.6 Å². The molecule has 0 saturated heterocycles. The van der Waals surface area contributed by atoms with Gasteiger partial charge in [-0.15, -0.1) is 0 Å². The van der Waals surface area contributed by atoms with Crippen molar-refractivity contribution in [2.24, 2.45) is 0 Å². The molecule has 41 heavy (non-hydrogen) atoms. The first-order valence-corrected chi connectivity index (χ1v) is 13.6. The van der Waals surface area contributed by atoms with Gasteiger partial charge in [-0.05, 0) is 73.2 Å². The van der Waals surface area contributed by atoms with Crippen LogP contribution in [0.4, 0.5) is 8.78 Å². The Labute approximate surface area is 236 Å². The minimum Gasteiger partial charge on any atom is -0.465 e. The van der Waals surface area contributed by atoms with Crippen LogP contribution < -0.4 is 0 Å². The van der Waals surface area contributed by atoms with Gasteiger partial charge >= 0.3 is 5.97 Å². The molecular formula is C34H28F2N2O3. The molecule has 0 spiro atoms. The van der Waals surface area contributed by atoms with Crippen molar-refractivity contribution in [3.63, 3.8) is 0 Å². The number of halogens is 2. The molecule has 0 N–H and O–H groups in total. The number of aryl methyl sites for hydroxylation is 1. The van der Waals surface area contributed by atoms with Crippen LogP contribution in [-0.4, -0.2) is 22.7 Å². The Bertz CT molecular complexity index is 1720. The van der Waals surface area contributed by atoms with E-state index in [2.05, 4.69) is 10.1 Å². The van der Waals surface area contributed by atoms with Crippen molar-refractivity contribution in [3.8, 4) is 33.6 Å². The smallest absolute Gasteiger partial charge is 0.316 e. The van der Waals surface area contributed by atoms with Crippen LogP contribution in [0.1, 0.15) is 42.1 Å². The van der Waals surface area contributed by atoms with Crippen molar-refractivity contribution in [1.82, 2.24) is 10.1 Å². The molecule has 0 unspecified atom stereocenters. The van der Waals surface area contributed by atoms with Crippen LogP contribution in [0.5, 0.6) is 0 Å². The fraction of sp³-hybridized carbons (Fsp3) is 0.206. The average molecular weight is 551 g/mol. The Morgan fingerprint density at radius 2 is 1.59 bits per heavy atom. The summed E-state index contributed by atoms with van der Waals surface area (Å²) < 4.78 is 39.2. The normalized spacial score (nSPS) is 13.7. The third kappa shape index (κ3) is 5.15. The highest BCUT2D eigenvalue weighted by molar-refractivity contribution is 5.87. The van der Waals surface area contributed by atoms with E-state index in [1.807, 2.05) is 68.4 Å². The minimum absolute atomic E-state index is 0.140. The maximum atomic E-state index is 14.4. The van der Waals surface area contributed by atoms with E-state index in [1.54, 1.807) is 6.20 Å². The van der Waals surface area contributed by atoms with Crippen LogP contribution in [0, 0.1) is 18.6 Å². The molecule has 0 amide bonds. The fourth-order valence-electron chi connectivity index (χ4n) is 5.28. The third-order valence-electron chi connectivity index (χ3n) is 7.73. The Morgan fingerprint density at radius 3 is 2.27 bits per heavy atom. The van der Waals surface area contributed by atoms with E-state index < -0.39 is 17.0 Å². The molecule has 1 saturated carbocycles. The number of nitrogens with zero attached hydrogens (tertiary/aromatic N) is 2. The zero-order valence-electron chi connectivity index (χ0n) is 22.8. The first kappa shape index (κ1) is 26.6. The second kappa shape index (κ2) is 10.7. The number of hydrogen-bond acceptors (Lipinski definition) is 5. The van der Waals surface area contributed by atoms with Gasteiger partial charge in [-0.1, -0.05) is 53.7 Å². The van der Waals surface area contributed by atoms with E-state index in [4.69, 9.17) is 9.26 Å². The number of aromatic nitrogens is 2. The van der Waals surface area contributed by atoms with Gasteiger partial charge in [-0.2, -0.15) is 0 Å². The fourth-order valence-corrected chi connectivity index (χ4v) is 5.28. The molecule has 206 valence electrons. The zero-order valence-corrected chi connectivity index (χ0v) is 22.8. The first-order valence-electron chi connectivity index (χ1n) is 13.6. The minimum atomic E-state index is -0.508. The van der Waals surface area contributed by atoms with Gasteiger partial charge in [0, 0.05) is 41.1 Å². The van der Waals surface area contributed by atoms with Gasteiger partial charge in [0.15, 0.2) is 5.76 Å². The second-order valence-electron chi connectivity index (χ2n) is 10.4.